The molecule has 204 valence electrons. The SMILES string of the molecule is Cc1nc(OCc2ccc(F)cc2F)c(Br)c(=O)n1Cc1cnc(CN(C)CCOC(=O)C(F)(F)F)cn1. The summed E-state index contributed by atoms with van der Waals surface area (Å²) in [5, 5.41) is 0. The van der Waals surface area contributed by atoms with Crippen molar-refractivity contribution in [3.8, 4) is 5.88 Å². The standard InChI is InChI=1S/C23H21BrF5N5O4/c1-13-32-20(38-12-14-3-4-15(25)7-18(14)26)19(24)21(35)34(13)11-17-9-30-16(8-31-17)10-33(2)5-6-37-22(36)23(27,28)29/h3-4,7-9H,5-6,10-12H2,1-2H3. The summed E-state index contributed by atoms with van der Waals surface area (Å²) < 4.78 is 74.4. The number of aromatic nitrogens is 4. The summed E-state index contributed by atoms with van der Waals surface area (Å²) in [6.07, 6.45) is -2.15. The molecule has 0 aliphatic heterocycles. The van der Waals surface area contributed by atoms with Crippen LogP contribution in [0.1, 0.15) is 22.8 Å². The number of halogens is 6. The highest BCUT2D eigenvalue weighted by molar-refractivity contribution is 9.10. The fourth-order valence-corrected chi connectivity index (χ4v) is 3.54. The third kappa shape index (κ3) is 7.77. The lowest BCUT2D eigenvalue weighted by atomic mass is 10.2. The van der Waals surface area contributed by atoms with Crippen molar-refractivity contribution in [3.63, 3.8) is 0 Å². The van der Waals surface area contributed by atoms with E-state index in [1.54, 1.807) is 18.9 Å². The van der Waals surface area contributed by atoms with Crippen molar-refractivity contribution >= 4 is 21.9 Å². The van der Waals surface area contributed by atoms with Crippen molar-refractivity contribution in [2.24, 2.45) is 0 Å². The highest BCUT2D eigenvalue weighted by Crippen LogP contribution is 2.21. The van der Waals surface area contributed by atoms with Crippen molar-refractivity contribution < 1.29 is 36.2 Å². The van der Waals surface area contributed by atoms with Crippen LogP contribution in [-0.2, 0) is 29.2 Å². The number of likely N-dealkylation sites (N-methyl/N-ethyl adjacent to an activating group) is 1. The van der Waals surface area contributed by atoms with Crippen LogP contribution in [0.2, 0.25) is 0 Å². The van der Waals surface area contributed by atoms with E-state index in [-0.39, 0.29) is 48.0 Å². The number of carbonyl (C=O) groups excluding carboxylic acids is 1. The molecule has 3 aromatic rings. The fraction of sp³-hybridized carbons (Fsp3) is 0.348. The molecule has 0 fully saturated rings. The van der Waals surface area contributed by atoms with Crippen LogP contribution in [0.15, 0.2) is 39.9 Å². The first-order valence-corrected chi connectivity index (χ1v) is 11.7. The number of carbonyl (C=O) groups is 1. The number of hydrogen-bond acceptors (Lipinski definition) is 8. The second-order valence-electron chi connectivity index (χ2n) is 8.06. The molecule has 9 nitrogen and oxygen atoms in total. The van der Waals surface area contributed by atoms with Crippen molar-refractivity contribution in [1.29, 1.82) is 0 Å². The Balaban J connectivity index is 1.60. The number of rotatable bonds is 10. The van der Waals surface area contributed by atoms with E-state index in [2.05, 4.69) is 35.6 Å². The predicted molar refractivity (Wildman–Crippen MR) is 126 cm³/mol. The van der Waals surface area contributed by atoms with Crippen LogP contribution < -0.4 is 10.3 Å². The number of alkyl halides is 3. The number of aryl methyl sites for hydroxylation is 1. The van der Waals surface area contributed by atoms with E-state index < -0.39 is 35.9 Å². The molecule has 0 radical (unpaired) electrons. The van der Waals surface area contributed by atoms with E-state index in [1.165, 1.54) is 23.0 Å². The summed E-state index contributed by atoms with van der Waals surface area (Å²) in [7, 11) is 1.61. The largest absolute Gasteiger partial charge is 0.490 e. The molecule has 0 unspecified atom stereocenters. The lowest BCUT2D eigenvalue weighted by Gasteiger charge is -2.16. The number of hydrogen-bond donors (Lipinski definition) is 0. The Labute approximate surface area is 221 Å². The molecule has 1 aromatic carbocycles. The molecule has 0 aliphatic rings. The molecule has 15 heteroatoms. The molecule has 0 amide bonds. The first kappa shape index (κ1) is 29.1. The van der Waals surface area contributed by atoms with Crippen LogP contribution in [-0.4, -0.2) is 56.8 Å². The van der Waals surface area contributed by atoms with Crippen LogP contribution in [0.3, 0.4) is 0 Å². The minimum Gasteiger partial charge on any atom is -0.472 e. The summed E-state index contributed by atoms with van der Waals surface area (Å²) in [6.45, 7) is 1.16. The topological polar surface area (TPSA) is 99.4 Å². The first-order valence-electron chi connectivity index (χ1n) is 10.9. The van der Waals surface area contributed by atoms with Crippen LogP contribution in [0.25, 0.3) is 0 Å². The average molecular weight is 606 g/mol. The van der Waals surface area contributed by atoms with Gasteiger partial charge in [-0.15, -0.1) is 0 Å². The van der Waals surface area contributed by atoms with Gasteiger partial charge in [-0.25, -0.2) is 13.6 Å². The highest BCUT2D eigenvalue weighted by Gasteiger charge is 2.40. The Hall–Kier alpha value is -3.46. The Morgan fingerprint density at radius 2 is 1.84 bits per heavy atom. The zero-order valence-corrected chi connectivity index (χ0v) is 21.6. The second-order valence-corrected chi connectivity index (χ2v) is 8.86. The molecule has 2 aromatic heterocycles. The highest BCUT2D eigenvalue weighted by atomic mass is 79.9. The Morgan fingerprint density at radius 3 is 2.47 bits per heavy atom. The first-order chi connectivity index (χ1) is 17.8. The van der Waals surface area contributed by atoms with Crippen molar-refractivity contribution in [2.45, 2.75) is 32.8 Å². The average Bonchev–Trinajstić information content (AvgIpc) is 2.84. The van der Waals surface area contributed by atoms with Crippen LogP contribution >= 0.6 is 15.9 Å². The number of nitrogens with zero attached hydrogens (tertiary/aromatic N) is 5. The van der Waals surface area contributed by atoms with Gasteiger partial charge in [0.15, 0.2) is 0 Å². The molecule has 0 N–H and O–H groups in total. The third-order valence-corrected chi connectivity index (χ3v) is 5.78. The van der Waals surface area contributed by atoms with E-state index in [0.29, 0.717) is 11.4 Å². The smallest absolute Gasteiger partial charge is 0.472 e. The number of benzene rings is 1. The van der Waals surface area contributed by atoms with Gasteiger partial charge in [0, 0.05) is 24.7 Å². The number of esters is 1. The van der Waals surface area contributed by atoms with Gasteiger partial charge in [0.2, 0.25) is 5.88 Å². The maximum Gasteiger partial charge on any atom is 0.490 e. The molecular formula is C23H21BrF5N5O4. The van der Waals surface area contributed by atoms with Crippen LogP contribution in [0.4, 0.5) is 22.0 Å². The Bertz CT molecular complexity index is 1350. The van der Waals surface area contributed by atoms with E-state index in [4.69, 9.17) is 4.74 Å². The van der Waals surface area contributed by atoms with E-state index >= 15 is 0 Å². The lowest BCUT2D eigenvalue weighted by molar-refractivity contribution is -0.199. The molecule has 3 rings (SSSR count). The van der Waals surface area contributed by atoms with E-state index in [0.717, 1.165) is 12.1 Å². The predicted octanol–water partition coefficient (Wildman–Crippen LogP) is 3.55. The Morgan fingerprint density at radius 1 is 1.16 bits per heavy atom. The second kappa shape index (κ2) is 12.4. The van der Waals surface area contributed by atoms with Gasteiger partial charge in [-0.2, -0.15) is 18.2 Å². The molecule has 38 heavy (non-hydrogen) atoms. The van der Waals surface area contributed by atoms with E-state index in [1.807, 2.05) is 0 Å². The van der Waals surface area contributed by atoms with Gasteiger partial charge in [-0.05, 0) is 42.0 Å². The zero-order chi connectivity index (χ0) is 28.0. The molecule has 0 saturated carbocycles. The molecule has 0 aliphatic carbocycles. The fourth-order valence-electron chi connectivity index (χ4n) is 3.12. The van der Waals surface area contributed by atoms with Gasteiger partial charge in [0.05, 0.1) is 30.3 Å². The zero-order valence-electron chi connectivity index (χ0n) is 20.1. The Kier molecular flexibility index (Phi) is 9.49. The normalized spacial score (nSPS) is 11.6. The molecule has 0 spiro atoms. The number of ether oxygens (including phenoxy) is 2. The molecule has 0 saturated heterocycles. The van der Waals surface area contributed by atoms with Gasteiger partial charge in [0.25, 0.3) is 5.56 Å². The third-order valence-electron chi connectivity index (χ3n) is 5.10. The summed E-state index contributed by atoms with van der Waals surface area (Å²) in [5.74, 6) is -3.53. The van der Waals surface area contributed by atoms with E-state index in [9.17, 15) is 31.5 Å². The monoisotopic (exact) mass is 605 g/mol. The van der Waals surface area contributed by atoms with Gasteiger partial charge >= 0.3 is 12.1 Å². The minimum atomic E-state index is -5.04. The van der Waals surface area contributed by atoms with Crippen molar-refractivity contribution in [3.05, 3.63) is 79.8 Å². The quantitative estimate of drug-likeness (QED) is 0.256. The van der Waals surface area contributed by atoms with Gasteiger partial charge in [-0.1, -0.05) is 0 Å². The minimum absolute atomic E-state index is 0.00282. The molecule has 0 atom stereocenters. The molecule has 0 bridgehead atoms. The lowest BCUT2D eigenvalue weighted by Crippen LogP contribution is -2.30. The summed E-state index contributed by atoms with van der Waals surface area (Å²) in [6, 6.07) is 3.05. The maximum atomic E-state index is 13.9. The van der Waals surface area contributed by atoms with Gasteiger partial charge in [0.1, 0.15) is 35.1 Å². The maximum absolute atomic E-state index is 13.9. The molecular weight excluding hydrogens is 585 g/mol. The van der Waals surface area contributed by atoms with Crippen LogP contribution in [0.5, 0.6) is 5.88 Å². The van der Waals surface area contributed by atoms with Crippen molar-refractivity contribution in [2.75, 3.05) is 20.2 Å². The van der Waals surface area contributed by atoms with Crippen molar-refractivity contribution in [1.82, 2.24) is 24.4 Å². The van der Waals surface area contributed by atoms with Gasteiger partial charge < -0.3 is 9.47 Å². The summed E-state index contributed by atoms with van der Waals surface area (Å²) in [5.41, 5.74) is 0.534. The summed E-state index contributed by atoms with van der Waals surface area (Å²) >= 11 is 3.15. The van der Waals surface area contributed by atoms with Gasteiger partial charge in [-0.3, -0.25) is 24.2 Å². The molecule has 2 heterocycles. The summed E-state index contributed by atoms with van der Waals surface area (Å²) in [4.78, 5) is 38.0. The van der Waals surface area contributed by atoms with Crippen LogP contribution in [0, 0.1) is 18.6 Å².